The van der Waals surface area contributed by atoms with Crippen LogP contribution in [0.4, 0.5) is 5.69 Å². The Morgan fingerprint density at radius 3 is 2.58 bits per heavy atom. The average molecular weight is 228 g/mol. The Labute approximate surface area is 79.9 Å². The molecule has 0 atom stereocenters. The Bertz CT molecular complexity index is 334. The van der Waals surface area contributed by atoms with Crippen molar-refractivity contribution in [2.45, 2.75) is 13.8 Å². The van der Waals surface area contributed by atoms with Crippen molar-refractivity contribution in [1.29, 1.82) is 0 Å². The lowest BCUT2D eigenvalue weighted by Gasteiger charge is -2.04. The maximum atomic E-state index is 11.0. The van der Waals surface area contributed by atoms with E-state index in [1.54, 1.807) is 6.07 Å². The van der Waals surface area contributed by atoms with Crippen molar-refractivity contribution in [3.05, 3.63) is 27.7 Å². The highest BCUT2D eigenvalue weighted by atomic mass is 79.9. The number of halogens is 1. The van der Waals surface area contributed by atoms with Gasteiger partial charge in [-0.1, -0.05) is 15.9 Å². The highest BCUT2D eigenvalue weighted by Crippen LogP contribution is 2.23. The number of hydrogen-bond acceptors (Lipinski definition) is 2. The summed E-state index contributed by atoms with van der Waals surface area (Å²) in [6.45, 7) is 3.43. The number of aryl methyl sites for hydroxylation is 1. The van der Waals surface area contributed by atoms with Crippen molar-refractivity contribution in [3.63, 3.8) is 0 Å². The summed E-state index contributed by atoms with van der Waals surface area (Å²) in [7, 11) is 0. The highest BCUT2D eigenvalue weighted by molar-refractivity contribution is 9.10. The molecule has 0 amide bonds. The average Bonchev–Trinajstić information content (AvgIpc) is 1.96. The molecule has 0 heterocycles. The zero-order chi connectivity index (χ0) is 9.30. The Balaban J connectivity index is 3.33. The molecule has 0 aliphatic rings. The fourth-order valence-electron chi connectivity index (χ4n) is 0.959. The number of rotatable bonds is 1. The van der Waals surface area contributed by atoms with E-state index in [9.17, 15) is 4.79 Å². The number of benzene rings is 1. The van der Waals surface area contributed by atoms with Crippen molar-refractivity contribution in [2.75, 3.05) is 5.73 Å². The van der Waals surface area contributed by atoms with Gasteiger partial charge in [-0.05, 0) is 31.5 Å². The van der Waals surface area contributed by atoms with Crippen LogP contribution in [0.1, 0.15) is 22.8 Å². The molecule has 1 aromatic carbocycles. The largest absolute Gasteiger partial charge is 0.398 e. The van der Waals surface area contributed by atoms with Gasteiger partial charge in [0.2, 0.25) is 0 Å². The lowest BCUT2D eigenvalue weighted by Crippen LogP contribution is -1.98. The van der Waals surface area contributed by atoms with E-state index in [0.717, 1.165) is 10.0 Å². The van der Waals surface area contributed by atoms with Crippen molar-refractivity contribution < 1.29 is 4.79 Å². The number of nitrogen functional groups attached to an aromatic ring is 1. The van der Waals surface area contributed by atoms with E-state index in [-0.39, 0.29) is 5.78 Å². The number of nitrogens with two attached hydrogens (primary N) is 1. The molecule has 0 saturated heterocycles. The van der Waals surface area contributed by atoms with E-state index >= 15 is 0 Å². The number of hydrogen-bond donors (Lipinski definition) is 1. The minimum Gasteiger partial charge on any atom is -0.398 e. The fraction of sp³-hybridized carbons (Fsp3) is 0.222. The minimum absolute atomic E-state index is 0.0218. The molecule has 1 rings (SSSR count). The van der Waals surface area contributed by atoms with Crippen LogP contribution in [0.5, 0.6) is 0 Å². The number of carbonyl (C=O) groups excluding carboxylic acids is 1. The van der Waals surface area contributed by atoms with Gasteiger partial charge in [-0.3, -0.25) is 4.79 Å². The molecular weight excluding hydrogens is 218 g/mol. The van der Waals surface area contributed by atoms with E-state index < -0.39 is 0 Å². The van der Waals surface area contributed by atoms with Crippen molar-refractivity contribution in [3.8, 4) is 0 Å². The lowest BCUT2D eigenvalue weighted by molar-refractivity contribution is 0.101. The van der Waals surface area contributed by atoms with Gasteiger partial charge in [0.15, 0.2) is 5.78 Å². The first-order valence-electron chi connectivity index (χ1n) is 3.59. The molecule has 0 saturated carbocycles. The minimum atomic E-state index is 0.0218. The molecule has 3 heteroatoms. The maximum absolute atomic E-state index is 11.0. The molecule has 0 unspecified atom stereocenters. The predicted octanol–water partition coefficient (Wildman–Crippen LogP) is 2.54. The first-order chi connectivity index (χ1) is 5.52. The number of Topliss-reactive ketones (excluding diaryl/α,β-unsaturated/α-hetero) is 1. The molecule has 0 radical (unpaired) electrons. The monoisotopic (exact) mass is 227 g/mol. The van der Waals surface area contributed by atoms with Gasteiger partial charge >= 0.3 is 0 Å². The Morgan fingerprint density at radius 2 is 2.08 bits per heavy atom. The van der Waals surface area contributed by atoms with Crippen LogP contribution in [0.3, 0.4) is 0 Å². The van der Waals surface area contributed by atoms with Gasteiger partial charge in [0, 0.05) is 15.7 Å². The Morgan fingerprint density at radius 1 is 1.50 bits per heavy atom. The van der Waals surface area contributed by atoms with Gasteiger partial charge in [-0.15, -0.1) is 0 Å². The van der Waals surface area contributed by atoms with Gasteiger partial charge in [-0.25, -0.2) is 0 Å². The van der Waals surface area contributed by atoms with Crippen LogP contribution in [-0.2, 0) is 0 Å². The van der Waals surface area contributed by atoms with Gasteiger partial charge < -0.3 is 5.73 Å². The molecular formula is C9H10BrNO. The zero-order valence-electron chi connectivity index (χ0n) is 7.02. The predicted molar refractivity (Wildman–Crippen MR) is 53.3 cm³/mol. The van der Waals surface area contributed by atoms with Crippen molar-refractivity contribution in [1.82, 2.24) is 0 Å². The van der Waals surface area contributed by atoms with Gasteiger partial charge in [0.1, 0.15) is 0 Å². The lowest BCUT2D eigenvalue weighted by atomic mass is 10.1. The molecule has 0 bridgehead atoms. The van der Waals surface area contributed by atoms with Crippen molar-refractivity contribution in [2.24, 2.45) is 0 Å². The summed E-state index contributed by atoms with van der Waals surface area (Å²) in [4.78, 5) is 11.0. The van der Waals surface area contributed by atoms with Crippen LogP contribution in [0.2, 0.25) is 0 Å². The van der Waals surface area contributed by atoms with Gasteiger partial charge in [0.25, 0.3) is 0 Å². The quantitative estimate of drug-likeness (QED) is 0.592. The summed E-state index contributed by atoms with van der Waals surface area (Å²) in [6.07, 6.45) is 0. The normalized spacial score (nSPS) is 9.92. The molecule has 2 N–H and O–H groups in total. The summed E-state index contributed by atoms with van der Waals surface area (Å²) < 4.78 is 0.807. The Hall–Kier alpha value is -0.830. The molecule has 64 valence electrons. The molecule has 0 aliphatic carbocycles. The second kappa shape index (κ2) is 3.27. The third-order valence-corrected chi connectivity index (χ3v) is 2.39. The number of carbonyl (C=O) groups is 1. The molecule has 0 spiro atoms. The van der Waals surface area contributed by atoms with Crippen LogP contribution in [0.25, 0.3) is 0 Å². The second-order valence-electron chi connectivity index (χ2n) is 2.74. The molecule has 1 aromatic rings. The maximum Gasteiger partial charge on any atom is 0.161 e. The van der Waals surface area contributed by atoms with Crippen LogP contribution >= 0.6 is 15.9 Å². The van der Waals surface area contributed by atoms with Crippen LogP contribution < -0.4 is 5.73 Å². The third kappa shape index (κ3) is 1.67. The van der Waals surface area contributed by atoms with Gasteiger partial charge in [-0.2, -0.15) is 0 Å². The summed E-state index contributed by atoms with van der Waals surface area (Å²) >= 11 is 3.31. The second-order valence-corrected chi connectivity index (χ2v) is 3.60. The standard InChI is InChI=1S/C9H10BrNO/c1-5-3-8(10)7(6(2)12)4-9(5)11/h3-4H,11H2,1-2H3. The van der Waals surface area contributed by atoms with Crippen LogP contribution in [0.15, 0.2) is 16.6 Å². The smallest absolute Gasteiger partial charge is 0.161 e. The number of anilines is 1. The topological polar surface area (TPSA) is 43.1 Å². The van der Waals surface area contributed by atoms with E-state index in [2.05, 4.69) is 15.9 Å². The number of ketones is 1. The molecule has 0 aliphatic heterocycles. The molecule has 2 nitrogen and oxygen atoms in total. The van der Waals surface area contributed by atoms with E-state index in [0.29, 0.717) is 11.3 Å². The summed E-state index contributed by atoms with van der Waals surface area (Å²) in [5, 5.41) is 0. The summed E-state index contributed by atoms with van der Waals surface area (Å²) in [5.74, 6) is 0.0218. The van der Waals surface area contributed by atoms with Crippen molar-refractivity contribution >= 4 is 27.4 Å². The van der Waals surface area contributed by atoms with E-state index in [1.807, 2.05) is 13.0 Å². The molecule has 0 fully saturated rings. The molecule has 12 heavy (non-hydrogen) atoms. The van der Waals surface area contributed by atoms with E-state index in [4.69, 9.17) is 5.73 Å². The fourth-order valence-corrected chi connectivity index (χ4v) is 1.70. The highest BCUT2D eigenvalue weighted by Gasteiger charge is 2.06. The van der Waals surface area contributed by atoms with E-state index in [1.165, 1.54) is 6.92 Å². The molecule has 0 aromatic heterocycles. The Kier molecular flexibility index (Phi) is 2.52. The van der Waals surface area contributed by atoms with Crippen LogP contribution in [-0.4, -0.2) is 5.78 Å². The third-order valence-electron chi connectivity index (χ3n) is 1.74. The first-order valence-corrected chi connectivity index (χ1v) is 4.38. The SMILES string of the molecule is CC(=O)c1cc(N)c(C)cc1Br. The summed E-state index contributed by atoms with van der Waals surface area (Å²) in [6, 6.07) is 3.55. The zero-order valence-corrected chi connectivity index (χ0v) is 8.60. The van der Waals surface area contributed by atoms with Crippen LogP contribution in [0, 0.1) is 6.92 Å². The summed E-state index contributed by atoms with van der Waals surface area (Å²) in [5.41, 5.74) is 7.93. The van der Waals surface area contributed by atoms with Gasteiger partial charge in [0.05, 0.1) is 0 Å². The first kappa shape index (κ1) is 9.26.